The first-order valence-electron chi connectivity index (χ1n) is 7.65. The van der Waals surface area contributed by atoms with E-state index in [1.54, 1.807) is 24.3 Å². The molecule has 0 saturated heterocycles. The number of ether oxygens (including phenoxy) is 1. The standard InChI is InChI=1S/C18H20FNO2/c1-2-9-20-12-16(10-13-3-5-14(19)6-4-13)22-18-8-7-15(21)11-17(18)20/h3-8,11,16,21H,2,9-10,12H2,1H3. The van der Waals surface area contributed by atoms with E-state index in [1.807, 2.05) is 6.07 Å². The van der Waals surface area contributed by atoms with Crippen molar-refractivity contribution in [1.29, 1.82) is 0 Å². The number of halogens is 1. The van der Waals surface area contributed by atoms with Gasteiger partial charge in [0.1, 0.15) is 23.4 Å². The molecule has 1 heterocycles. The van der Waals surface area contributed by atoms with E-state index in [-0.39, 0.29) is 17.7 Å². The fourth-order valence-corrected chi connectivity index (χ4v) is 2.88. The van der Waals surface area contributed by atoms with Crippen LogP contribution in [0.5, 0.6) is 11.5 Å². The number of hydrogen-bond donors (Lipinski definition) is 1. The van der Waals surface area contributed by atoms with Crippen molar-refractivity contribution in [2.24, 2.45) is 0 Å². The first-order valence-corrected chi connectivity index (χ1v) is 7.65. The highest BCUT2D eigenvalue weighted by Crippen LogP contribution is 2.36. The monoisotopic (exact) mass is 301 g/mol. The Morgan fingerprint density at radius 1 is 1.23 bits per heavy atom. The molecule has 1 atom stereocenters. The Hall–Kier alpha value is -2.23. The number of fused-ring (bicyclic) bond motifs is 1. The van der Waals surface area contributed by atoms with Crippen molar-refractivity contribution in [3.8, 4) is 11.5 Å². The Morgan fingerprint density at radius 3 is 2.73 bits per heavy atom. The third-order valence-corrected chi connectivity index (χ3v) is 3.87. The van der Waals surface area contributed by atoms with Crippen molar-refractivity contribution in [1.82, 2.24) is 0 Å². The van der Waals surface area contributed by atoms with Crippen LogP contribution in [0.1, 0.15) is 18.9 Å². The number of rotatable bonds is 4. The summed E-state index contributed by atoms with van der Waals surface area (Å²) in [6.45, 7) is 3.81. The fraction of sp³-hybridized carbons (Fsp3) is 0.333. The normalized spacial score (nSPS) is 17.0. The number of anilines is 1. The molecular weight excluding hydrogens is 281 g/mol. The minimum atomic E-state index is -0.221. The van der Waals surface area contributed by atoms with Gasteiger partial charge in [0.25, 0.3) is 0 Å². The van der Waals surface area contributed by atoms with Gasteiger partial charge in [-0.25, -0.2) is 4.39 Å². The second-order valence-electron chi connectivity index (χ2n) is 5.67. The summed E-state index contributed by atoms with van der Waals surface area (Å²) in [5.41, 5.74) is 2.00. The van der Waals surface area contributed by atoms with Crippen molar-refractivity contribution in [2.45, 2.75) is 25.9 Å². The van der Waals surface area contributed by atoms with Crippen LogP contribution < -0.4 is 9.64 Å². The minimum absolute atomic E-state index is 0.0223. The summed E-state index contributed by atoms with van der Waals surface area (Å²) in [5.74, 6) is 0.826. The van der Waals surface area contributed by atoms with Gasteiger partial charge < -0.3 is 14.7 Å². The summed E-state index contributed by atoms with van der Waals surface area (Å²) in [5, 5.41) is 9.68. The topological polar surface area (TPSA) is 32.7 Å². The van der Waals surface area contributed by atoms with Crippen LogP contribution in [0.25, 0.3) is 0 Å². The molecule has 4 heteroatoms. The second kappa shape index (κ2) is 6.26. The van der Waals surface area contributed by atoms with E-state index in [2.05, 4.69) is 11.8 Å². The summed E-state index contributed by atoms with van der Waals surface area (Å²) in [7, 11) is 0. The zero-order valence-corrected chi connectivity index (χ0v) is 12.6. The van der Waals surface area contributed by atoms with Crippen LogP contribution in [-0.2, 0) is 6.42 Å². The lowest BCUT2D eigenvalue weighted by Crippen LogP contribution is -2.41. The van der Waals surface area contributed by atoms with Crippen LogP contribution >= 0.6 is 0 Å². The molecule has 0 saturated carbocycles. The Balaban J connectivity index is 1.80. The molecule has 1 unspecified atom stereocenters. The molecule has 0 bridgehead atoms. The van der Waals surface area contributed by atoms with Crippen LogP contribution in [-0.4, -0.2) is 24.3 Å². The molecule has 22 heavy (non-hydrogen) atoms. The molecule has 0 radical (unpaired) electrons. The maximum Gasteiger partial charge on any atom is 0.143 e. The zero-order chi connectivity index (χ0) is 15.5. The number of nitrogens with zero attached hydrogens (tertiary/aromatic N) is 1. The van der Waals surface area contributed by atoms with Crippen molar-refractivity contribution in [3.05, 3.63) is 53.8 Å². The zero-order valence-electron chi connectivity index (χ0n) is 12.6. The van der Waals surface area contributed by atoms with Crippen LogP contribution in [0.4, 0.5) is 10.1 Å². The summed E-state index contributed by atoms with van der Waals surface area (Å²) in [4.78, 5) is 2.24. The van der Waals surface area contributed by atoms with Gasteiger partial charge in [-0.2, -0.15) is 0 Å². The lowest BCUT2D eigenvalue weighted by Gasteiger charge is -2.36. The Kier molecular flexibility index (Phi) is 4.18. The molecule has 1 aliphatic heterocycles. The predicted octanol–water partition coefficient (Wildman–Crippen LogP) is 3.75. The number of hydrogen-bond acceptors (Lipinski definition) is 3. The van der Waals surface area contributed by atoms with E-state index in [0.717, 1.165) is 42.9 Å². The third-order valence-electron chi connectivity index (χ3n) is 3.87. The van der Waals surface area contributed by atoms with Crippen LogP contribution in [0.2, 0.25) is 0 Å². The minimum Gasteiger partial charge on any atom is -0.508 e. The van der Waals surface area contributed by atoms with Gasteiger partial charge in [-0.15, -0.1) is 0 Å². The van der Waals surface area contributed by atoms with Crippen LogP contribution in [0, 0.1) is 5.82 Å². The quantitative estimate of drug-likeness (QED) is 0.933. The first kappa shape index (κ1) is 14.7. The number of phenolic OH excluding ortho intramolecular Hbond substituents is 1. The molecule has 2 aromatic rings. The van der Waals surface area contributed by atoms with Gasteiger partial charge in [0.05, 0.1) is 12.2 Å². The summed E-state index contributed by atoms with van der Waals surface area (Å²) in [6.07, 6.45) is 1.79. The molecule has 0 fully saturated rings. The van der Waals surface area contributed by atoms with E-state index in [4.69, 9.17) is 4.74 Å². The summed E-state index contributed by atoms with van der Waals surface area (Å²) < 4.78 is 19.1. The number of aromatic hydroxyl groups is 1. The average molecular weight is 301 g/mol. The van der Waals surface area contributed by atoms with Gasteiger partial charge in [-0.1, -0.05) is 19.1 Å². The lowest BCUT2D eigenvalue weighted by atomic mass is 10.0. The van der Waals surface area contributed by atoms with Crippen molar-refractivity contribution in [3.63, 3.8) is 0 Å². The second-order valence-corrected chi connectivity index (χ2v) is 5.67. The number of benzene rings is 2. The fourth-order valence-electron chi connectivity index (χ4n) is 2.88. The predicted molar refractivity (Wildman–Crippen MR) is 85.1 cm³/mol. The van der Waals surface area contributed by atoms with E-state index in [9.17, 15) is 9.50 Å². The SMILES string of the molecule is CCCN1CC(Cc2ccc(F)cc2)Oc2ccc(O)cc21. The highest BCUT2D eigenvalue weighted by Gasteiger charge is 2.25. The molecule has 116 valence electrons. The maximum atomic E-state index is 13.0. The maximum absolute atomic E-state index is 13.0. The van der Waals surface area contributed by atoms with Crippen molar-refractivity contribution < 1.29 is 14.2 Å². The smallest absolute Gasteiger partial charge is 0.143 e. The van der Waals surface area contributed by atoms with Crippen molar-refractivity contribution in [2.75, 3.05) is 18.0 Å². The van der Waals surface area contributed by atoms with Gasteiger partial charge >= 0.3 is 0 Å². The van der Waals surface area contributed by atoms with Gasteiger partial charge in [0.2, 0.25) is 0 Å². The summed E-state index contributed by atoms with van der Waals surface area (Å²) >= 11 is 0. The molecular formula is C18H20FNO2. The molecule has 3 nitrogen and oxygen atoms in total. The first-order chi connectivity index (χ1) is 10.7. The molecule has 0 amide bonds. The Bertz CT molecular complexity index is 642. The molecule has 0 aliphatic carbocycles. The number of phenols is 1. The Labute approximate surface area is 130 Å². The van der Waals surface area contributed by atoms with Gasteiger partial charge in [0.15, 0.2) is 0 Å². The van der Waals surface area contributed by atoms with Gasteiger partial charge in [-0.05, 0) is 36.2 Å². The highest BCUT2D eigenvalue weighted by atomic mass is 19.1. The van der Waals surface area contributed by atoms with E-state index >= 15 is 0 Å². The van der Waals surface area contributed by atoms with E-state index in [0.29, 0.717) is 0 Å². The molecule has 0 aromatic heterocycles. The molecule has 1 N–H and O–H groups in total. The van der Waals surface area contributed by atoms with Crippen LogP contribution in [0.3, 0.4) is 0 Å². The Morgan fingerprint density at radius 2 is 2.00 bits per heavy atom. The average Bonchev–Trinajstić information content (AvgIpc) is 2.51. The van der Waals surface area contributed by atoms with Crippen LogP contribution in [0.15, 0.2) is 42.5 Å². The summed E-state index contributed by atoms with van der Waals surface area (Å²) in [6, 6.07) is 11.8. The van der Waals surface area contributed by atoms with Crippen molar-refractivity contribution >= 4 is 5.69 Å². The third kappa shape index (κ3) is 3.16. The molecule has 3 rings (SSSR count). The van der Waals surface area contributed by atoms with E-state index in [1.165, 1.54) is 12.1 Å². The largest absolute Gasteiger partial charge is 0.508 e. The molecule has 2 aromatic carbocycles. The highest BCUT2D eigenvalue weighted by molar-refractivity contribution is 5.63. The lowest BCUT2D eigenvalue weighted by molar-refractivity contribution is 0.193. The molecule has 0 spiro atoms. The van der Waals surface area contributed by atoms with Gasteiger partial charge in [-0.3, -0.25) is 0 Å². The molecule has 1 aliphatic rings. The van der Waals surface area contributed by atoms with E-state index < -0.39 is 0 Å². The van der Waals surface area contributed by atoms with Gasteiger partial charge in [0, 0.05) is 19.0 Å².